The predicted molar refractivity (Wildman–Crippen MR) is 110 cm³/mol. The number of anilines is 1. The van der Waals surface area contributed by atoms with Gasteiger partial charge in [-0.2, -0.15) is 0 Å². The largest absolute Gasteiger partial charge is 0.356 e. The molecule has 0 bridgehead atoms. The second-order valence-electron chi connectivity index (χ2n) is 7.37. The van der Waals surface area contributed by atoms with Crippen molar-refractivity contribution < 1.29 is 9.59 Å². The van der Waals surface area contributed by atoms with Crippen LogP contribution in [0.25, 0.3) is 0 Å². The maximum Gasteiger partial charge on any atom is 0.321 e. The SMILES string of the molecule is Cl.O=C(NCCC1CCCNC1)C1CCCN(C(=O)Nc2ccccc2)C1. The summed E-state index contributed by atoms with van der Waals surface area (Å²) in [5.41, 5.74) is 0.783. The standard InChI is InChI=1S/C20H30N4O2.ClH/c25-19(22-12-10-16-6-4-11-21-14-16)17-7-5-13-24(15-17)20(26)23-18-8-2-1-3-9-18;/h1-3,8-9,16-17,21H,4-7,10-15H2,(H,22,25)(H,23,26);1H. The number of rotatable bonds is 5. The van der Waals surface area contributed by atoms with E-state index in [4.69, 9.17) is 0 Å². The summed E-state index contributed by atoms with van der Waals surface area (Å²) in [6.45, 7) is 4.11. The van der Waals surface area contributed by atoms with Gasteiger partial charge in [-0.05, 0) is 63.2 Å². The van der Waals surface area contributed by atoms with Gasteiger partial charge >= 0.3 is 6.03 Å². The van der Waals surface area contributed by atoms with Gasteiger partial charge in [-0.25, -0.2) is 4.79 Å². The van der Waals surface area contributed by atoms with Gasteiger partial charge in [0.2, 0.25) is 5.91 Å². The number of carbonyl (C=O) groups is 2. The molecular weight excluding hydrogens is 364 g/mol. The third kappa shape index (κ3) is 6.70. The fourth-order valence-corrected chi connectivity index (χ4v) is 3.81. The highest BCUT2D eigenvalue weighted by Crippen LogP contribution is 2.18. The summed E-state index contributed by atoms with van der Waals surface area (Å²) in [4.78, 5) is 26.7. The van der Waals surface area contributed by atoms with E-state index in [1.807, 2.05) is 30.3 Å². The van der Waals surface area contributed by atoms with E-state index in [0.717, 1.165) is 44.6 Å². The number of piperidine rings is 2. The van der Waals surface area contributed by atoms with Gasteiger partial charge in [0, 0.05) is 25.3 Å². The van der Waals surface area contributed by atoms with Crippen LogP contribution in [0.3, 0.4) is 0 Å². The lowest BCUT2D eigenvalue weighted by Crippen LogP contribution is -2.47. The molecule has 2 unspecified atom stereocenters. The van der Waals surface area contributed by atoms with Gasteiger partial charge in [-0.15, -0.1) is 12.4 Å². The van der Waals surface area contributed by atoms with Crippen LogP contribution < -0.4 is 16.0 Å². The average Bonchev–Trinajstić information content (AvgIpc) is 2.69. The predicted octanol–water partition coefficient (Wildman–Crippen LogP) is 2.86. The second kappa shape index (κ2) is 11.1. The molecule has 7 heteroatoms. The fraction of sp³-hybridized carbons (Fsp3) is 0.600. The number of halogens is 1. The Hall–Kier alpha value is -1.79. The van der Waals surface area contributed by atoms with E-state index in [1.54, 1.807) is 4.90 Å². The lowest BCUT2D eigenvalue weighted by molar-refractivity contribution is -0.126. The van der Waals surface area contributed by atoms with Crippen LogP contribution >= 0.6 is 12.4 Å². The molecule has 27 heavy (non-hydrogen) atoms. The molecule has 3 rings (SSSR count). The van der Waals surface area contributed by atoms with Gasteiger partial charge in [0.1, 0.15) is 0 Å². The number of amides is 3. The molecule has 0 spiro atoms. The van der Waals surface area contributed by atoms with Crippen LogP contribution in [0.5, 0.6) is 0 Å². The van der Waals surface area contributed by atoms with E-state index in [0.29, 0.717) is 19.0 Å². The third-order valence-electron chi connectivity index (χ3n) is 5.36. The average molecular weight is 395 g/mol. The van der Waals surface area contributed by atoms with E-state index in [1.165, 1.54) is 12.8 Å². The van der Waals surface area contributed by atoms with Crippen molar-refractivity contribution in [3.63, 3.8) is 0 Å². The third-order valence-corrected chi connectivity index (χ3v) is 5.36. The Balaban J connectivity index is 0.00000261. The number of hydrogen-bond donors (Lipinski definition) is 3. The van der Waals surface area contributed by atoms with Gasteiger partial charge in [-0.1, -0.05) is 18.2 Å². The molecule has 0 aromatic heterocycles. The number of hydrogen-bond acceptors (Lipinski definition) is 3. The molecule has 2 atom stereocenters. The zero-order valence-corrected chi connectivity index (χ0v) is 16.6. The molecule has 1 aromatic rings. The quantitative estimate of drug-likeness (QED) is 0.718. The lowest BCUT2D eigenvalue weighted by Gasteiger charge is -2.32. The summed E-state index contributed by atoms with van der Waals surface area (Å²) < 4.78 is 0. The Labute approximate surface area is 167 Å². The first-order valence-electron chi connectivity index (χ1n) is 9.82. The van der Waals surface area contributed by atoms with Crippen molar-refractivity contribution in [2.75, 3.05) is 38.0 Å². The van der Waals surface area contributed by atoms with Crippen LogP contribution in [0.1, 0.15) is 32.1 Å². The number of nitrogens with zero attached hydrogens (tertiary/aromatic N) is 1. The Morgan fingerprint density at radius 1 is 1.15 bits per heavy atom. The zero-order chi connectivity index (χ0) is 18.2. The molecule has 150 valence electrons. The summed E-state index contributed by atoms with van der Waals surface area (Å²) in [6.07, 6.45) is 5.23. The number of urea groups is 1. The van der Waals surface area contributed by atoms with E-state index < -0.39 is 0 Å². The highest BCUT2D eigenvalue weighted by atomic mass is 35.5. The minimum absolute atomic E-state index is 0. The normalized spacial score (nSPS) is 22.4. The van der Waals surface area contributed by atoms with Crippen LogP contribution in [-0.2, 0) is 4.79 Å². The minimum Gasteiger partial charge on any atom is -0.356 e. The van der Waals surface area contributed by atoms with Gasteiger partial charge in [0.15, 0.2) is 0 Å². The van der Waals surface area contributed by atoms with Gasteiger partial charge < -0.3 is 20.9 Å². The number of para-hydroxylation sites is 1. The van der Waals surface area contributed by atoms with Crippen molar-refractivity contribution >= 4 is 30.0 Å². The van der Waals surface area contributed by atoms with Crippen molar-refractivity contribution in [1.29, 1.82) is 0 Å². The van der Waals surface area contributed by atoms with Crippen LogP contribution in [-0.4, -0.2) is 49.6 Å². The smallest absolute Gasteiger partial charge is 0.321 e. The molecule has 2 saturated heterocycles. The fourth-order valence-electron chi connectivity index (χ4n) is 3.81. The Morgan fingerprint density at radius 2 is 1.96 bits per heavy atom. The Kier molecular flexibility index (Phi) is 8.88. The summed E-state index contributed by atoms with van der Waals surface area (Å²) in [7, 11) is 0. The van der Waals surface area contributed by atoms with Crippen molar-refractivity contribution in [2.45, 2.75) is 32.1 Å². The number of nitrogens with one attached hydrogen (secondary N) is 3. The highest BCUT2D eigenvalue weighted by Gasteiger charge is 2.28. The van der Waals surface area contributed by atoms with Gasteiger partial charge in [0.05, 0.1) is 5.92 Å². The maximum absolute atomic E-state index is 12.5. The van der Waals surface area contributed by atoms with Crippen LogP contribution in [0, 0.1) is 11.8 Å². The van der Waals surface area contributed by atoms with Crippen LogP contribution in [0.2, 0.25) is 0 Å². The minimum atomic E-state index is -0.123. The number of benzene rings is 1. The lowest BCUT2D eigenvalue weighted by atomic mass is 9.95. The molecule has 0 saturated carbocycles. The van der Waals surface area contributed by atoms with Crippen LogP contribution in [0.4, 0.5) is 10.5 Å². The van der Waals surface area contributed by atoms with Crippen molar-refractivity contribution in [2.24, 2.45) is 11.8 Å². The monoisotopic (exact) mass is 394 g/mol. The topological polar surface area (TPSA) is 73.5 Å². The van der Waals surface area contributed by atoms with E-state index >= 15 is 0 Å². The van der Waals surface area contributed by atoms with Gasteiger partial charge in [0.25, 0.3) is 0 Å². The summed E-state index contributed by atoms with van der Waals surface area (Å²) in [5.74, 6) is 0.657. The molecule has 0 aliphatic carbocycles. The van der Waals surface area contributed by atoms with E-state index in [9.17, 15) is 9.59 Å². The first kappa shape index (κ1) is 21.5. The molecule has 3 N–H and O–H groups in total. The molecule has 0 radical (unpaired) electrons. The van der Waals surface area contributed by atoms with Crippen molar-refractivity contribution in [3.05, 3.63) is 30.3 Å². The maximum atomic E-state index is 12.5. The molecule has 2 fully saturated rings. The van der Waals surface area contributed by atoms with Crippen molar-refractivity contribution in [1.82, 2.24) is 15.5 Å². The first-order chi connectivity index (χ1) is 12.7. The molecule has 6 nitrogen and oxygen atoms in total. The summed E-state index contributed by atoms with van der Waals surface area (Å²) >= 11 is 0. The van der Waals surface area contributed by atoms with Crippen molar-refractivity contribution in [3.8, 4) is 0 Å². The van der Waals surface area contributed by atoms with E-state index in [-0.39, 0.29) is 30.3 Å². The number of carbonyl (C=O) groups excluding carboxylic acids is 2. The Bertz CT molecular complexity index is 593. The molecule has 2 aliphatic rings. The van der Waals surface area contributed by atoms with Crippen LogP contribution in [0.15, 0.2) is 30.3 Å². The second-order valence-corrected chi connectivity index (χ2v) is 7.37. The summed E-state index contributed by atoms with van der Waals surface area (Å²) in [6, 6.07) is 9.31. The Morgan fingerprint density at radius 3 is 2.70 bits per heavy atom. The molecule has 2 heterocycles. The molecule has 1 aromatic carbocycles. The van der Waals surface area contributed by atoms with E-state index in [2.05, 4.69) is 16.0 Å². The molecule has 2 aliphatic heterocycles. The molecular formula is C20H31ClN4O2. The first-order valence-corrected chi connectivity index (χ1v) is 9.82. The highest BCUT2D eigenvalue weighted by molar-refractivity contribution is 5.90. The number of likely N-dealkylation sites (tertiary alicyclic amines) is 1. The zero-order valence-electron chi connectivity index (χ0n) is 15.8. The molecule has 3 amide bonds. The van der Waals surface area contributed by atoms with Gasteiger partial charge in [-0.3, -0.25) is 4.79 Å². The summed E-state index contributed by atoms with van der Waals surface area (Å²) in [5, 5.41) is 9.40.